The summed E-state index contributed by atoms with van der Waals surface area (Å²) in [5, 5.41) is 6.78. The molecule has 0 spiro atoms. The van der Waals surface area contributed by atoms with Crippen LogP contribution in [-0.4, -0.2) is 49.1 Å². The maximum atomic E-state index is 12.0. The summed E-state index contributed by atoms with van der Waals surface area (Å²) in [4.78, 5) is 14.0. The summed E-state index contributed by atoms with van der Waals surface area (Å²) in [6, 6.07) is 0.536. The normalized spacial score (nSPS) is 27.3. The third-order valence-electron chi connectivity index (χ3n) is 3.62. The largest absolute Gasteiger partial charge is 0.341 e. The number of nitrogens with zero attached hydrogens (tertiary/aromatic N) is 1. The maximum absolute atomic E-state index is 12.0. The van der Waals surface area contributed by atoms with Crippen molar-refractivity contribution >= 4 is 5.91 Å². The molecule has 0 aliphatic carbocycles. The van der Waals surface area contributed by atoms with Crippen LogP contribution in [0.3, 0.4) is 0 Å². The van der Waals surface area contributed by atoms with Crippen molar-refractivity contribution < 1.29 is 4.79 Å². The molecule has 2 atom stereocenters. The van der Waals surface area contributed by atoms with Gasteiger partial charge in [0.15, 0.2) is 0 Å². The van der Waals surface area contributed by atoms with Gasteiger partial charge >= 0.3 is 0 Å². The molecule has 4 nitrogen and oxygen atoms in total. The van der Waals surface area contributed by atoms with Crippen molar-refractivity contribution in [3.8, 4) is 0 Å². The van der Waals surface area contributed by atoms with Crippen molar-refractivity contribution in [3.63, 3.8) is 0 Å². The lowest BCUT2D eigenvalue weighted by Crippen LogP contribution is -2.47. The Bertz CT molecular complexity index is 232. The van der Waals surface area contributed by atoms with Gasteiger partial charge in [0.2, 0.25) is 5.91 Å². The van der Waals surface area contributed by atoms with Crippen molar-refractivity contribution in [2.75, 3.05) is 26.2 Å². The molecule has 92 valence electrons. The number of rotatable bonds is 4. The summed E-state index contributed by atoms with van der Waals surface area (Å²) in [5.74, 6) is 0.274. The van der Waals surface area contributed by atoms with Crippen LogP contribution in [-0.2, 0) is 4.79 Å². The standard InChI is InChI=1S/C12H23N3O/c1-10(12(16)15-7-2-3-8-15)14-9-11-5-4-6-13-11/h10-11,13-14H,2-9H2,1H3. The quantitative estimate of drug-likeness (QED) is 0.725. The second-order valence-corrected chi connectivity index (χ2v) is 4.96. The van der Waals surface area contributed by atoms with Crippen LogP contribution in [0.25, 0.3) is 0 Å². The van der Waals surface area contributed by atoms with Gasteiger partial charge in [0.05, 0.1) is 6.04 Å². The van der Waals surface area contributed by atoms with Crippen LogP contribution in [0.1, 0.15) is 32.6 Å². The molecule has 2 N–H and O–H groups in total. The van der Waals surface area contributed by atoms with Crippen LogP contribution in [0.4, 0.5) is 0 Å². The Morgan fingerprint density at radius 2 is 2.19 bits per heavy atom. The Balaban J connectivity index is 1.69. The highest BCUT2D eigenvalue weighted by Crippen LogP contribution is 2.09. The van der Waals surface area contributed by atoms with Gasteiger partial charge in [0, 0.05) is 25.7 Å². The van der Waals surface area contributed by atoms with E-state index in [1.54, 1.807) is 0 Å². The molecule has 0 aromatic rings. The SMILES string of the molecule is CC(NCC1CCCN1)C(=O)N1CCCC1. The predicted octanol–water partition coefficient (Wildman–Crippen LogP) is 0.339. The molecule has 2 heterocycles. The third kappa shape index (κ3) is 2.95. The lowest BCUT2D eigenvalue weighted by atomic mass is 10.2. The molecule has 2 unspecified atom stereocenters. The van der Waals surface area contributed by atoms with Gasteiger partial charge in [0.1, 0.15) is 0 Å². The second-order valence-electron chi connectivity index (χ2n) is 4.96. The van der Waals surface area contributed by atoms with Crippen molar-refractivity contribution in [1.82, 2.24) is 15.5 Å². The van der Waals surface area contributed by atoms with Crippen LogP contribution in [0, 0.1) is 0 Å². The molecule has 0 saturated carbocycles. The lowest BCUT2D eigenvalue weighted by molar-refractivity contribution is -0.131. The zero-order valence-electron chi connectivity index (χ0n) is 10.2. The van der Waals surface area contributed by atoms with Crippen molar-refractivity contribution in [2.24, 2.45) is 0 Å². The summed E-state index contributed by atoms with van der Waals surface area (Å²) < 4.78 is 0. The summed E-state index contributed by atoms with van der Waals surface area (Å²) in [6.07, 6.45) is 4.84. The van der Waals surface area contributed by atoms with Crippen molar-refractivity contribution in [3.05, 3.63) is 0 Å². The fourth-order valence-corrected chi connectivity index (χ4v) is 2.55. The monoisotopic (exact) mass is 225 g/mol. The van der Waals surface area contributed by atoms with Crippen LogP contribution in [0.2, 0.25) is 0 Å². The van der Waals surface area contributed by atoms with E-state index in [9.17, 15) is 4.79 Å². The average Bonchev–Trinajstić information content (AvgIpc) is 2.96. The fraction of sp³-hybridized carbons (Fsp3) is 0.917. The molecule has 2 aliphatic heterocycles. The summed E-state index contributed by atoms with van der Waals surface area (Å²) >= 11 is 0. The van der Waals surface area contributed by atoms with Crippen LogP contribution in [0.15, 0.2) is 0 Å². The first kappa shape index (κ1) is 11.9. The van der Waals surface area contributed by atoms with Crippen LogP contribution in [0.5, 0.6) is 0 Å². The van der Waals surface area contributed by atoms with E-state index >= 15 is 0 Å². The first-order chi connectivity index (χ1) is 7.77. The molecule has 16 heavy (non-hydrogen) atoms. The molecule has 0 aromatic carbocycles. The minimum Gasteiger partial charge on any atom is -0.341 e. The molecule has 2 saturated heterocycles. The molecule has 0 radical (unpaired) electrons. The lowest BCUT2D eigenvalue weighted by Gasteiger charge is -2.22. The molecule has 0 aromatic heterocycles. The molecular formula is C12H23N3O. The molecule has 0 bridgehead atoms. The first-order valence-corrected chi connectivity index (χ1v) is 6.53. The topological polar surface area (TPSA) is 44.4 Å². The molecule has 2 aliphatic rings. The van der Waals surface area contributed by atoms with E-state index in [2.05, 4.69) is 10.6 Å². The van der Waals surface area contributed by atoms with Gasteiger partial charge in [-0.3, -0.25) is 4.79 Å². The van der Waals surface area contributed by atoms with Crippen LogP contribution < -0.4 is 10.6 Å². The first-order valence-electron chi connectivity index (χ1n) is 6.53. The smallest absolute Gasteiger partial charge is 0.239 e. The number of carbonyl (C=O) groups excluding carboxylic acids is 1. The maximum Gasteiger partial charge on any atom is 0.239 e. The Morgan fingerprint density at radius 1 is 1.44 bits per heavy atom. The van der Waals surface area contributed by atoms with E-state index in [0.29, 0.717) is 6.04 Å². The summed E-state index contributed by atoms with van der Waals surface area (Å²) in [7, 11) is 0. The number of hydrogen-bond acceptors (Lipinski definition) is 3. The minimum atomic E-state index is -0.0273. The summed E-state index contributed by atoms with van der Waals surface area (Å²) in [5.41, 5.74) is 0. The van der Waals surface area contributed by atoms with Gasteiger partial charge < -0.3 is 15.5 Å². The van der Waals surface area contributed by atoms with Crippen molar-refractivity contribution in [2.45, 2.75) is 44.7 Å². The van der Waals surface area contributed by atoms with Gasteiger partial charge in [-0.1, -0.05) is 0 Å². The highest BCUT2D eigenvalue weighted by atomic mass is 16.2. The fourth-order valence-electron chi connectivity index (χ4n) is 2.55. The number of nitrogens with one attached hydrogen (secondary N) is 2. The number of likely N-dealkylation sites (tertiary alicyclic amines) is 1. The molecule has 2 fully saturated rings. The zero-order chi connectivity index (χ0) is 11.4. The van der Waals surface area contributed by atoms with Gasteiger partial charge in [0.25, 0.3) is 0 Å². The number of hydrogen-bond donors (Lipinski definition) is 2. The highest BCUT2D eigenvalue weighted by molar-refractivity contribution is 5.81. The van der Waals surface area contributed by atoms with E-state index in [0.717, 1.165) is 26.2 Å². The van der Waals surface area contributed by atoms with Crippen molar-refractivity contribution in [1.29, 1.82) is 0 Å². The molecular weight excluding hydrogens is 202 g/mol. The van der Waals surface area contributed by atoms with Gasteiger partial charge in [-0.25, -0.2) is 0 Å². The predicted molar refractivity (Wildman–Crippen MR) is 64.3 cm³/mol. The van der Waals surface area contributed by atoms with E-state index < -0.39 is 0 Å². The van der Waals surface area contributed by atoms with Crippen LogP contribution >= 0.6 is 0 Å². The summed E-state index contributed by atoms with van der Waals surface area (Å²) in [6.45, 7) is 5.93. The minimum absolute atomic E-state index is 0.0273. The average molecular weight is 225 g/mol. The zero-order valence-corrected chi connectivity index (χ0v) is 10.2. The Hall–Kier alpha value is -0.610. The highest BCUT2D eigenvalue weighted by Gasteiger charge is 2.23. The van der Waals surface area contributed by atoms with E-state index in [-0.39, 0.29) is 11.9 Å². The van der Waals surface area contributed by atoms with E-state index in [1.807, 2.05) is 11.8 Å². The van der Waals surface area contributed by atoms with E-state index in [1.165, 1.54) is 25.7 Å². The molecule has 4 heteroatoms. The Labute approximate surface area is 97.8 Å². The Morgan fingerprint density at radius 3 is 2.81 bits per heavy atom. The van der Waals surface area contributed by atoms with Gasteiger partial charge in [-0.2, -0.15) is 0 Å². The Kier molecular flexibility index (Phi) is 4.18. The number of carbonyl (C=O) groups is 1. The van der Waals surface area contributed by atoms with E-state index in [4.69, 9.17) is 0 Å². The third-order valence-corrected chi connectivity index (χ3v) is 3.62. The second kappa shape index (κ2) is 5.64. The molecule has 1 amide bonds. The van der Waals surface area contributed by atoms with Gasteiger partial charge in [-0.05, 0) is 39.2 Å². The van der Waals surface area contributed by atoms with Gasteiger partial charge in [-0.15, -0.1) is 0 Å². The number of amides is 1. The molecule has 2 rings (SSSR count).